The number of rotatable bonds is 5. The number of guanidine groups is 1. The lowest BCUT2D eigenvalue weighted by atomic mass is 10.3. The van der Waals surface area contributed by atoms with Crippen LogP contribution in [0.15, 0.2) is 17.6 Å². The van der Waals surface area contributed by atoms with Crippen molar-refractivity contribution < 1.29 is 9.47 Å². The van der Waals surface area contributed by atoms with Gasteiger partial charge < -0.3 is 19.7 Å². The molecule has 0 saturated carbocycles. The zero-order valence-electron chi connectivity index (χ0n) is 11.2. The van der Waals surface area contributed by atoms with Gasteiger partial charge in [0.25, 0.3) is 0 Å². The van der Waals surface area contributed by atoms with Gasteiger partial charge in [-0.15, -0.1) is 30.6 Å². The van der Waals surface area contributed by atoms with Crippen molar-refractivity contribution in [2.75, 3.05) is 46.5 Å². The second kappa shape index (κ2) is 10.6. The number of halogens is 1. The lowest BCUT2D eigenvalue weighted by Gasteiger charge is -2.34. The van der Waals surface area contributed by atoms with Gasteiger partial charge in [-0.1, -0.05) is 6.08 Å². The number of nitrogens with one attached hydrogen (secondary N) is 1. The molecule has 0 bridgehead atoms. The lowest BCUT2D eigenvalue weighted by molar-refractivity contribution is -0.0447. The van der Waals surface area contributed by atoms with Crippen LogP contribution in [0.1, 0.15) is 6.92 Å². The van der Waals surface area contributed by atoms with Crippen LogP contribution in [0, 0.1) is 0 Å². The Kier molecular flexibility index (Phi) is 10.4. The first kappa shape index (κ1) is 17.7. The monoisotopic (exact) mass is 369 g/mol. The maximum atomic E-state index is 5.61. The van der Waals surface area contributed by atoms with E-state index in [2.05, 4.69) is 28.7 Å². The maximum Gasteiger partial charge on any atom is 0.194 e. The van der Waals surface area contributed by atoms with E-state index >= 15 is 0 Å². The van der Waals surface area contributed by atoms with Crippen LogP contribution >= 0.6 is 24.0 Å². The van der Waals surface area contributed by atoms with E-state index in [0.717, 1.165) is 25.6 Å². The molecule has 0 aromatic heterocycles. The number of morpholine rings is 1. The predicted octanol–water partition coefficient (Wildman–Crippen LogP) is 1.10. The molecule has 0 aliphatic carbocycles. The zero-order chi connectivity index (χ0) is 12.5. The van der Waals surface area contributed by atoms with Crippen LogP contribution in [0.4, 0.5) is 0 Å². The van der Waals surface area contributed by atoms with Crippen molar-refractivity contribution in [1.82, 2.24) is 10.2 Å². The highest BCUT2D eigenvalue weighted by Gasteiger charge is 2.22. The quantitative estimate of drug-likeness (QED) is 0.341. The minimum atomic E-state index is 0. The second-order valence-electron chi connectivity index (χ2n) is 3.88. The molecule has 0 amide bonds. The van der Waals surface area contributed by atoms with Gasteiger partial charge in [-0.2, -0.15) is 0 Å². The van der Waals surface area contributed by atoms with Gasteiger partial charge in [-0.25, -0.2) is 4.99 Å². The van der Waals surface area contributed by atoms with E-state index < -0.39 is 0 Å². The smallest absolute Gasteiger partial charge is 0.194 e. The minimum Gasteiger partial charge on any atom is -0.382 e. The number of hydrogen-bond acceptors (Lipinski definition) is 3. The Bertz CT molecular complexity index is 260. The van der Waals surface area contributed by atoms with Crippen molar-refractivity contribution in [1.29, 1.82) is 0 Å². The van der Waals surface area contributed by atoms with Gasteiger partial charge in [-0.05, 0) is 6.92 Å². The van der Waals surface area contributed by atoms with Crippen LogP contribution in [0.25, 0.3) is 0 Å². The van der Waals surface area contributed by atoms with Gasteiger partial charge in [0.15, 0.2) is 5.96 Å². The highest BCUT2D eigenvalue weighted by molar-refractivity contribution is 14.0. The van der Waals surface area contributed by atoms with Gasteiger partial charge in [0.2, 0.25) is 0 Å². The minimum absolute atomic E-state index is 0. The van der Waals surface area contributed by atoms with Crippen molar-refractivity contribution in [3.8, 4) is 0 Å². The van der Waals surface area contributed by atoms with Crippen LogP contribution in [-0.2, 0) is 9.47 Å². The molecule has 1 aliphatic rings. The molecule has 1 atom stereocenters. The van der Waals surface area contributed by atoms with Gasteiger partial charge in [0, 0.05) is 26.7 Å². The van der Waals surface area contributed by atoms with Crippen LogP contribution in [-0.4, -0.2) is 63.5 Å². The molecule has 18 heavy (non-hydrogen) atoms. The summed E-state index contributed by atoms with van der Waals surface area (Å²) in [6.45, 7) is 10.3. The number of ether oxygens (including phenoxy) is 2. The molecule has 106 valence electrons. The summed E-state index contributed by atoms with van der Waals surface area (Å²) >= 11 is 0. The number of nitrogens with zero attached hydrogens (tertiary/aromatic N) is 2. The van der Waals surface area contributed by atoms with E-state index in [4.69, 9.17) is 9.47 Å². The SMILES string of the molecule is C=CCN=C(NCC)N1CCOC(COC)C1.I. The molecule has 0 aromatic carbocycles. The third kappa shape index (κ3) is 6.01. The first-order valence-corrected chi connectivity index (χ1v) is 6.06. The molecule has 5 nitrogen and oxygen atoms in total. The Morgan fingerprint density at radius 1 is 1.67 bits per heavy atom. The maximum absolute atomic E-state index is 5.61. The molecule has 1 fully saturated rings. The van der Waals surface area contributed by atoms with Gasteiger partial charge in [0.1, 0.15) is 0 Å². The molecule has 1 unspecified atom stereocenters. The van der Waals surface area contributed by atoms with E-state index in [1.807, 2.05) is 0 Å². The molecule has 0 aromatic rings. The topological polar surface area (TPSA) is 46.1 Å². The van der Waals surface area contributed by atoms with Crippen molar-refractivity contribution in [3.63, 3.8) is 0 Å². The van der Waals surface area contributed by atoms with Crippen molar-refractivity contribution >= 4 is 29.9 Å². The van der Waals surface area contributed by atoms with E-state index in [0.29, 0.717) is 19.8 Å². The molecular formula is C12H24IN3O2. The molecule has 1 heterocycles. The Balaban J connectivity index is 0.00000289. The first-order chi connectivity index (χ1) is 8.31. The Morgan fingerprint density at radius 3 is 3.06 bits per heavy atom. The average Bonchev–Trinajstić information content (AvgIpc) is 2.35. The largest absolute Gasteiger partial charge is 0.382 e. The zero-order valence-corrected chi connectivity index (χ0v) is 13.6. The van der Waals surface area contributed by atoms with E-state index in [1.54, 1.807) is 13.2 Å². The first-order valence-electron chi connectivity index (χ1n) is 6.06. The van der Waals surface area contributed by atoms with Crippen molar-refractivity contribution in [2.24, 2.45) is 4.99 Å². The summed E-state index contributed by atoms with van der Waals surface area (Å²) in [5.74, 6) is 0.928. The van der Waals surface area contributed by atoms with Crippen molar-refractivity contribution in [3.05, 3.63) is 12.7 Å². The molecule has 1 saturated heterocycles. The fourth-order valence-electron chi connectivity index (χ4n) is 1.78. The van der Waals surface area contributed by atoms with E-state index in [-0.39, 0.29) is 30.1 Å². The predicted molar refractivity (Wildman–Crippen MR) is 84.8 cm³/mol. The molecular weight excluding hydrogens is 345 g/mol. The summed E-state index contributed by atoms with van der Waals surface area (Å²) < 4.78 is 10.7. The van der Waals surface area contributed by atoms with Gasteiger partial charge in [-0.3, -0.25) is 0 Å². The summed E-state index contributed by atoms with van der Waals surface area (Å²) in [5, 5.41) is 3.28. The number of aliphatic imine (C=N–C) groups is 1. The number of hydrogen-bond donors (Lipinski definition) is 1. The highest BCUT2D eigenvalue weighted by Crippen LogP contribution is 2.06. The normalized spacial score (nSPS) is 20.2. The second-order valence-corrected chi connectivity index (χ2v) is 3.88. The molecule has 0 radical (unpaired) electrons. The summed E-state index contributed by atoms with van der Waals surface area (Å²) in [6, 6.07) is 0. The summed E-state index contributed by atoms with van der Waals surface area (Å²) in [7, 11) is 1.69. The summed E-state index contributed by atoms with van der Waals surface area (Å²) in [5.41, 5.74) is 0. The molecule has 1 aliphatic heterocycles. The Hall–Kier alpha value is -0.340. The molecule has 0 spiro atoms. The van der Waals surface area contributed by atoms with Crippen LogP contribution in [0.5, 0.6) is 0 Å². The van der Waals surface area contributed by atoms with E-state index in [1.165, 1.54) is 0 Å². The average molecular weight is 369 g/mol. The van der Waals surface area contributed by atoms with Gasteiger partial charge in [0.05, 0.1) is 25.9 Å². The molecule has 1 N–H and O–H groups in total. The highest BCUT2D eigenvalue weighted by atomic mass is 127. The van der Waals surface area contributed by atoms with Crippen LogP contribution in [0.2, 0.25) is 0 Å². The standard InChI is InChI=1S/C12H23N3O2.HI/c1-4-6-14-12(13-5-2)15-7-8-17-11(9-15)10-16-3;/h4,11H,1,5-10H2,2-3H3,(H,13,14);1H. The van der Waals surface area contributed by atoms with Gasteiger partial charge >= 0.3 is 0 Å². The Labute approximate surface area is 127 Å². The lowest BCUT2D eigenvalue weighted by Crippen LogP contribution is -2.51. The van der Waals surface area contributed by atoms with Crippen molar-refractivity contribution in [2.45, 2.75) is 13.0 Å². The third-order valence-corrected chi connectivity index (χ3v) is 2.50. The molecule has 6 heteroatoms. The fourth-order valence-corrected chi connectivity index (χ4v) is 1.78. The van der Waals surface area contributed by atoms with Crippen LogP contribution < -0.4 is 5.32 Å². The molecule has 1 rings (SSSR count). The fraction of sp³-hybridized carbons (Fsp3) is 0.750. The van der Waals surface area contributed by atoms with E-state index in [9.17, 15) is 0 Å². The third-order valence-electron chi connectivity index (χ3n) is 2.50. The summed E-state index contributed by atoms with van der Waals surface area (Å²) in [4.78, 5) is 6.68. The van der Waals surface area contributed by atoms with Crippen LogP contribution in [0.3, 0.4) is 0 Å². The number of methoxy groups -OCH3 is 1. The Morgan fingerprint density at radius 2 is 2.44 bits per heavy atom. The summed E-state index contributed by atoms with van der Waals surface area (Å²) in [6.07, 6.45) is 1.92.